The van der Waals surface area contributed by atoms with Crippen molar-refractivity contribution in [3.63, 3.8) is 0 Å². The molecular weight excluding hydrogens is 218 g/mol. The lowest BCUT2D eigenvalue weighted by molar-refractivity contribution is 0.135. The third kappa shape index (κ3) is 12.1. The summed E-state index contributed by atoms with van der Waals surface area (Å²) in [6.45, 7) is 9.01. The lowest BCUT2D eigenvalue weighted by atomic mass is 10.3. The van der Waals surface area contributed by atoms with Crippen LogP contribution >= 0.6 is 0 Å². The first-order chi connectivity index (χ1) is 8.35. The monoisotopic (exact) mass is 247 g/mol. The van der Waals surface area contributed by atoms with E-state index in [9.17, 15) is 0 Å². The van der Waals surface area contributed by atoms with E-state index >= 15 is 0 Å². The molecule has 0 unspecified atom stereocenters. The Morgan fingerprint density at radius 3 is 2.47 bits per heavy atom. The molecule has 0 fully saturated rings. The molecule has 0 aromatic carbocycles. The minimum atomic E-state index is 0.633. The number of nitrogens with zero attached hydrogens (tertiary/aromatic N) is 1. The van der Waals surface area contributed by atoms with Crippen LogP contribution in [0.4, 0.5) is 0 Å². The number of rotatable bonds is 13. The molecular formula is C12H29N3O2. The molecule has 0 radical (unpaired) electrons. The van der Waals surface area contributed by atoms with Gasteiger partial charge in [0.2, 0.25) is 0 Å². The summed E-state index contributed by atoms with van der Waals surface area (Å²) in [6.07, 6.45) is 3.43. The molecule has 0 aliphatic rings. The first-order valence-corrected chi connectivity index (χ1v) is 6.58. The number of likely N-dealkylation sites (N-methyl/N-ethyl adjacent to an activating group) is 1. The van der Waals surface area contributed by atoms with Crippen molar-refractivity contribution in [2.24, 2.45) is 5.90 Å². The zero-order valence-corrected chi connectivity index (χ0v) is 11.4. The van der Waals surface area contributed by atoms with Gasteiger partial charge in [0.05, 0.1) is 13.2 Å². The number of ether oxygens (including phenoxy) is 1. The molecule has 0 saturated carbocycles. The standard InChI is InChI=1S/C12H29N3O2/c1-3-15(10-12-16-2)9-5-4-7-14-8-6-11-17-13/h14H,3-13H2,1-2H3. The third-order valence-electron chi connectivity index (χ3n) is 2.75. The minimum absolute atomic E-state index is 0.633. The third-order valence-corrected chi connectivity index (χ3v) is 2.75. The van der Waals surface area contributed by atoms with Crippen LogP contribution in [-0.2, 0) is 9.57 Å². The highest BCUT2D eigenvalue weighted by Gasteiger charge is 2.00. The largest absolute Gasteiger partial charge is 0.383 e. The summed E-state index contributed by atoms with van der Waals surface area (Å²) in [6, 6.07) is 0. The molecule has 0 amide bonds. The highest BCUT2D eigenvalue weighted by Crippen LogP contribution is 1.94. The van der Waals surface area contributed by atoms with Crippen molar-refractivity contribution in [1.82, 2.24) is 10.2 Å². The molecule has 5 heteroatoms. The Morgan fingerprint density at radius 2 is 1.82 bits per heavy atom. The molecule has 0 spiro atoms. The predicted octanol–water partition coefficient (Wildman–Crippen LogP) is 0.605. The van der Waals surface area contributed by atoms with Crippen LogP contribution in [0.2, 0.25) is 0 Å². The van der Waals surface area contributed by atoms with Gasteiger partial charge in [0.25, 0.3) is 0 Å². The summed E-state index contributed by atoms with van der Waals surface area (Å²) in [5, 5.41) is 3.38. The molecule has 0 atom stereocenters. The fourth-order valence-electron chi connectivity index (χ4n) is 1.64. The Balaban J connectivity index is 3.19. The topological polar surface area (TPSA) is 59.8 Å². The van der Waals surface area contributed by atoms with Crippen LogP contribution in [-0.4, -0.2) is 57.9 Å². The van der Waals surface area contributed by atoms with Gasteiger partial charge in [0.15, 0.2) is 0 Å². The number of nitrogens with one attached hydrogen (secondary N) is 1. The predicted molar refractivity (Wildman–Crippen MR) is 70.9 cm³/mol. The van der Waals surface area contributed by atoms with Crippen LogP contribution in [0.5, 0.6) is 0 Å². The van der Waals surface area contributed by atoms with E-state index < -0.39 is 0 Å². The van der Waals surface area contributed by atoms with Gasteiger partial charge in [-0.15, -0.1) is 0 Å². The van der Waals surface area contributed by atoms with Gasteiger partial charge in [-0.05, 0) is 45.4 Å². The number of methoxy groups -OCH3 is 1. The van der Waals surface area contributed by atoms with Gasteiger partial charge >= 0.3 is 0 Å². The molecule has 0 saturated heterocycles. The molecule has 0 aliphatic carbocycles. The first kappa shape index (κ1) is 16.8. The van der Waals surface area contributed by atoms with Crippen LogP contribution in [0.25, 0.3) is 0 Å². The van der Waals surface area contributed by atoms with Crippen molar-refractivity contribution in [2.45, 2.75) is 26.2 Å². The summed E-state index contributed by atoms with van der Waals surface area (Å²) < 4.78 is 5.08. The maximum Gasteiger partial charge on any atom is 0.0691 e. The first-order valence-electron chi connectivity index (χ1n) is 6.58. The number of hydrogen-bond acceptors (Lipinski definition) is 5. The van der Waals surface area contributed by atoms with Crippen molar-refractivity contribution >= 4 is 0 Å². The Bertz CT molecular complexity index is 148. The van der Waals surface area contributed by atoms with Crippen molar-refractivity contribution in [1.29, 1.82) is 0 Å². The van der Waals surface area contributed by atoms with Gasteiger partial charge in [-0.2, -0.15) is 0 Å². The number of nitrogens with two attached hydrogens (primary N) is 1. The second kappa shape index (κ2) is 13.9. The second-order valence-electron chi connectivity index (χ2n) is 4.11. The van der Waals surface area contributed by atoms with E-state index in [0.29, 0.717) is 6.61 Å². The average Bonchev–Trinajstić information content (AvgIpc) is 2.36. The van der Waals surface area contributed by atoms with E-state index in [1.165, 1.54) is 12.8 Å². The van der Waals surface area contributed by atoms with Crippen LogP contribution < -0.4 is 11.2 Å². The van der Waals surface area contributed by atoms with E-state index in [2.05, 4.69) is 22.0 Å². The van der Waals surface area contributed by atoms with Crippen LogP contribution in [0.15, 0.2) is 0 Å². The van der Waals surface area contributed by atoms with E-state index in [1.54, 1.807) is 7.11 Å². The van der Waals surface area contributed by atoms with Crippen molar-refractivity contribution in [3.8, 4) is 0 Å². The quantitative estimate of drug-likeness (QED) is 0.369. The molecule has 0 bridgehead atoms. The smallest absolute Gasteiger partial charge is 0.0691 e. The SMILES string of the molecule is CCN(CCCCNCCCON)CCOC. The van der Waals surface area contributed by atoms with Crippen LogP contribution in [0.1, 0.15) is 26.2 Å². The fourth-order valence-corrected chi connectivity index (χ4v) is 1.64. The summed E-state index contributed by atoms with van der Waals surface area (Å²) in [7, 11) is 1.75. The van der Waals surface area contributed by atoms with E-state index in [1.807, 2.05) is 0 Å². The normalized spacial score (nSPS) is 11.3. The van der Waals surface area contributed by atoms with Gasteiger partial charge < -0.3 is 19.8 Å². The highest BCUT2D eigenvalue weighted by atomic mass is 16.6. The van der Waals surface area contributed by atoms with E-state index in [-0.39, 0.29) is 0 Å². The van der Waals surface area contributed by atoms with Crippen molar-refractivity contribution < 1.29 is 9.57 Å². The Kier molecular flexibility index (Phi) is 13.7. The van der Waals surface area contributed by atoms with Crippen molar-refractivity contribution in [2.75, 3.05) is 53.0 Å². The van der Waals surface area contributed by atoms with Gasteiger partial charge in [-0.1, -0.05) is 6.92 Å². The zero-order valence-electron chi connectivity index (χ0n) is 11.4. The van der Waals surface area contributed by atoms with Gasteiger partial charge in [0.1, 0.15) is 0 Å². The van der Waals surface area contributed by atoms with Gasteiger partial charge in [0, 0.05) is 13.7 Å². The molecule has 0 aromatic heterocycles. The fraction of sp³-hybridized carbons (Fsp3) is 1.00. The summed E-state index contributed by atoms with van der Waals surface area (Å²) in [5.74, 6) is 4.94. The van der Waals surface area contributed by atoms with Crippen molar-refractivity contribution in [3.05, 3.63) is 0 Å². The Hall–Kier alpha value is -0.200. The molecule has 0 aliphatic heterocycles. The zero-order chi connectivity index (χ0) is 12.8. The summed E-state index contributed by atoms with van der Waals surface area (Å²) in [4.78, 5) is 6.92. The minimum Gasteiger partial charge on any atom is -0.383 e. The number of hydrogen-bond donors (Lipinski definition) is 2. The average molecular weight is 247 g/mol. The van der Waals surface area contributed by atoms with Gasteiger partial charge in [-0.25, -0.2) is 5.90 Å². The maximum absolute atomic E-state index is 5.08. The summed E-state index contributed by atoms with van der Waals surface area (Å²) in [5.41, 5.74) is 0. The maximum atomic E-state index is 5.08. The highest BCUT2D eigenvalue weighted by molar-refractivity contribution is 4.56. The molecule has 0 aromatic rings. The van der Waals surface area contributed by atoms with Crippen LogP contribution in [0, 0.1) is 0 Å². The van der Waals surface area contributed by atoms with E-state index in [0.717, 1.165) is 45.8 Å². The molecule has 17 heavy (non-hydrogen) atoms. The lowest BCUT2D eigenvalue weighted by Crippen LogP contribution is -2.29. The lowest BCUT2D eigenvalue weighted by Gasteiger charge is -2.19. The summed E-state index contributed by atoms with van der Waals surface area (Å²) >= 11 is 0. The molecule has 0 heterocycles. The molecule has 5 nitrogen and oxygen atoms in total. The Labute approximate surface area is 106 Å². The molecule has 104 valence electrons. The number of unbranched alkanes of at least 4 members (excludes halogenated alkanes) is 1. The van der Waals surface area contributed by atoms with E-state index in [4.69, 9.17) is 10.6 Å². The van der Waals surface area contributed by atoms with Crippen LogP contribution in [0.3, 0.4) is 0 Å². The molecule has 3 N–H and O–H groups in total. The second-order valence-corrected chi connectivity index (χ2v) is 4.11. The molecule has 0 rings (SSSR count). The van der Waals surface area contributed by atoms with Gasteiger partial charge in [-0.3, -0.25) is 0 Å². The Morgan fingerprint density at radius 1 is 1.06 bits per heavy atom.